The number of fused-ring (bicyclic) bond motifs is 9. The summed E-state index contributed by atoms with van der Waals surface area (Å²) in [7, 11) is 0. The fourth-order valence-corrected chi connectivity index (χ4v) is 10.5. The topological polar surface area (TPSA) is 146 Å². The van der Waals surface area contributed by atoms with Crippen LogP contribution >= 0.6 is 23.1 Å². The Balaban J connectivity index is 1.21. The second-order valence-corrected chi connectivity index (χ2v) is 13.4. The zero-order valence-electron chi connectivity index (χ0n) is 22.2. The van der Waals surface area contributed by atoms with E-state index in [1.54, 1.807) is 23.9 Å². The number of H-pyrrole nitrogens is 1. The van der Waals surface area contributed by atoms with E-state index in [-0.39, 0.29) is 71.1 Å². The lowest BCUT2D eigenvalue weighted by Gasteiger charge is -2.43. The first-order valence-electron chi connectivity index (χ1n) is 13.8. The molecule has 2 aromatic carbocycles. The van der Waals surface area contributed by atoms with Crippen molar-refractivity contribution in [2.45, 2.75) is 29.0 Å². The van der Waals surface area contributed by atoms with Crippen LogP contribution in [0.4, 0.5) is 5.69 Å². The summed E-state index contributed by atoms with van der Waals surface area (Å²) in [5.74, 6) is -2.83. The van der Waals surface area contributed by atoms with Gasteiger partial charge in [-0.1, -0.05) is 47.7 Å². The van der Waals surface area contributed by atoms with Gasteiger partial charge in [0.2, 0.25) is 11.8 Å². The Morgan fingerprint density at radius 1 is 1.00 bits per heavy atom. The third kappa shape index (κ3) is 4.35. The van der Waals surface area contributed by atoms with Crippen LogP contribution in [0.5, 0.6) is 5.75 Å². The number of para-hydroxylation sites is 2. The van der Waals surface area contributed by atoms with Crippen LogP contribution in [-0.4, -0.2) is 57.1 Å². The number of amides is 3. The third-order valence-electron chi connectivity index (χ3n) is 9.03. The van der Waals surface area contributed by atoms with Crippen LogP contribution in [0.2, 0.25) is 0 Å². The number of carbonyl (C=O) groups excluding carboxylic acids is 3. The molecule has 4 aliphatic rings. The molecule has 1 aromatic heterocycles. The molecule has 0 radical (unpaired) electrons. The van der Waals surface area contributed by atoms with E-state index in [4.69, 9.17) is 9.84 Å². The van der Waals surface area contributed by atoms with E-state index in [1.165, 1.54) is 0 Å². The van der Waals surface area contributed by atoms with Gasteiger partial charge in [0.25, 0.3) is 5.91 Å². The van der Waals surface area contributed by atoms with E-state index in [9.17, 15) is 24.0 Å². The smallest absolute Gasteiger partial charge is 0.305 e. The zero-order chi connectivity index (χ0) is 29.1. The molecule has 7 rings (SSSR count). The summed E-state index contributed by atoms with van der Waals surface area (Å²) in [6.07, 6.45) is 0.442. The Bertz CT molecular complexity index is 1650. The summed E-state index contributed by atoms with van der Waals surface area (Å²) in [6.45, 7) is -0.326. The second kappa shape index (κ2) is 10.4. The number of rotatable bonds is 8. The van der Waals surface area contributed by atoms with Gasteiger partial charge in [0, 0.05) is 33.8 Å². The number of thioether (sulfide) groups is 1. The standard InChI is InChI=1S/C30H27N3O7S2/c34-19(31-14-6-2-1-3-7-14)13-40-18-9-5-4-8-15(18)21-22-16-12-17(25(22)41-27-26(21)42-30(39)32-27)24-23(16)28(37)33(29(24)38)11-10-20(35)36/h1-9,16-17,21-25H,10-13H2,(H,31,34)(H,32,39)(H,35,36)/t16?,17?,21-,22?,23?,24?,25?/m1/s1. The molecule has 10 nitrogen and oxygen atoms in total. The summed E-state index contributed by atoms with van der Waals surface area (Å²) in [6, 6.07) is 16.6. The van der Waals surface area contributed by atoms with Crippen LogP contribution in [0, 0.1) is 29.6 Å². The minimum atomic E-state index is -1.05. The van der Waals surface area contributed by atoms with E-state index in [2.05, 4.69) is 10.3 Å². The Labute approximate surface area is 248 Å². The van der Waals surface area contributed by atoms with Crippen LogP contribution in [-0.2, 0) is 19.2 Å². The van der Waals surface area contributed by atoms with Gasteiger partial charge in [-0.05, 0) is 42.4 Å². The molecule has 3 amide bonds. The number of thiazole rings is 1. The summed E-state index contributed by atoms with van der Waals surface area (Å²) >= 11 is 2.73. The van der Waals surface area contributed by atoms with Crippen molar-refractivity contribution in [1.82, 2.24) is 9.88 Å². The number of aliphatic carboxylic acids is 1. The Hall–Kier alpha value is -3.90. The fourth-order valence-electron chi connectivity index (χ4n) is 7.59. The number of nitrogens with one attached hydrogen (secondary N) is 2. The number of nitrogens with zero attached hydrogens (tertiary/aromatic N) is 1. The van der Waals surface area contributed by atoms with Crippen LogP contribution in [0.25, 0.3) is 0 Å². The highest BCUT2D eigenvalue weighted by Gasteiger charge is 2.69. The van der Waals surface area contributed by atoms with Gasteiger partial charge in [-0.25, -0.2) is 0 Å². The number of carbonyl (C=O) groups is 4. The Kier molecular flexibility index (Phi) is 6.69. The van der Waals surface area contributed by atoms with Gasteiger partial charge < -0.3 is 20.1 Å². The molecular formula is C30H27N3O7S2. The molecule has 1 saturated heterocycles. The predicted octanol–water partition coefficient (Wildman–Crippen LogP) is 3.40. The molecule has 7 atom stereocenters. The number of anilines is 1. The molecule has 3 N–H and O–H groups in total. The summed E-state index contributed by atoms with van der Waals surface area (Å²) < 4.78 is 6.08. The molecule has 3 heterocycles. The first-order valence-corrected chi connectivity index (χ1v) is 15.5. The number of ether oxygens (including phenoxy) is 1. The van der Waals surface area contributed by atoms with Crippen molar-refractivity contribution in [3.63, 3.8) is 0 Å². The number of carboxylic acid groups (broad SMARTS) is 1. The first-order chi connectivity index (χ1) is 20.3. The van der Waals surface area contributed by atoms with Gasteiger partial charge in [-0.3, -0.25) is 28.9 Å². The van der Waals surface area contributed by atoms with Gasteiger partial charge in [-0.2, -0.15) is 0 Å². The van der Waals surface area contributed by atoms with Crippen molar-refractivity contribution in [2.24, 2.45) is 29.6 Å². The van der Waals surface area contributed by atoms with Crippen LogP contribution in [0.3, 0.4) is 0 Å². The maximum Gasteiger partial charge on any atom is 0.305 e. The number of likely N-dealkylation sites (tertiary alicyclic amines) is 1. The molecular weight excluding hydrogens is 578 g/mol. The lowest BCUT2D eigenvalue weighted by molar-refractivity contribution is -0.142. The van der Waals surface area contributed by atoms with Crippen LogP contribution in [0.15, 0.2) is 64.4 Å². The van der Waals surface area contributed by atoms with Crippen LogP contribution < -0.4 is 14.9 Å². The molecule has 2 bridgehead atoms. The Morgan fingerprint density at radius 3 is 2.48 bits per heavy atom. The molecule has 3 fully saturated rings. The second-order valence-electron chi connectivity index (χ2n) is 11.2. The quantitative estimate of drug-likeness (QED) is 0.331. The number of imide groups is 1. The first kappa shape index (κ1) is 27.0. The van der Waals surface area contributed by atoms with Gasteiger partial charge in [-0.15, -0.1) is 11.8 Å². The number of hydrogen-bond donors (Lipinski definition) is 3. The molecule has 216 valence electrons. The summed E-state index contributed by atoms with van der Waals surface area (Å²) in [4.78, 5) is 68.2. The van der Waals surface area contributed by atoms with E-state index in [0.717, 1.165) is 38.1 Å². The van der Waals surface area contributed by atoms with Gasteiger partial charge in [0.1, 0.15) is 5.75 Å². The number of aromatic amines is 1. The lowest BCUT2D eigenvalue weighted by atomic mass is 9.68. The van der Waals surface area contributed by atoms with E-state index >= 15 is 0 Å². The maximum absolute atomic E-state index is 13.5. The lowest BCUT2D eigenvalue weighted by Crippen LogP contribution is -2.42. The number of hydrogen-bond acceptors (Lipinski definition) is 8. The van der Waals surface area contributed by atoms with Crippen molar-refractivity contribution in [3.05, 3.63) is 74.7 Å². The summed E-state index contributed by atoms with van der Waals surface area (Å²) in [5, 5.41) is 12.7. The van der Waals surface area contributed by atoms with E-state index < -0.39 is 17.8 Å². The van der Waals surface area contributed by atoms with Crippen molar-refractivity contribution in [2.75, 3.05) is 18.5 Å². The van der Waals surface area contributed by atoms with Crippen LogP contribution in [0.1, 0.15) is 29.2 Å². The molecule has 0 spiro atoms. The molecule has 42 heavy (non-hydrogen) atoms. The molecule has 6 unspecified atom stereocenters. The molecule has 2 saturated carbocycles. The Morgan fingerprint density at radius 2 is 1.71 bits per heavy atom. The number of benzene rings is 2. The fraction of sp³-hybridized carbons (Fsp3) is 0.367. The zero-order valence-corrected chi connectivity index (χ0v) is 23.9. The van der Waals surface area contributed by atoms with E-state index in [1.807, 2.05) is 42.5 Å². The monoisotopic (exact) mass is 605 g/mol. The molecule has 2 aliphatic heterocycles. The maximum atomic E-state index is 13.5. The highest BCUT2D eigenvalue weighted by atomic mass is 32.2. The SMILES string of the molecule is O=C(O)CCN1C(=O)C2C3CC(C2C1=O)C1C3Sc2[nH]c(=O)sc2[C@@H]1c1ccccc1OCC(=O)Nc1ccccc1. The normalized spacial score (nSPS) is 28.8. The number of carboxylic acids is 1. The van der Waals surface area contributed by atoms with Gasteiger partial charge in [0.15, 0.2) is 6.61 Å². The van der Waals surface area contributed by atoms with Crippen molar-refractivity contribution >= 4 is 52.5 Å². The van der Waals surface area contributed by atoms with Crippen molar-refractivity contribution < 1.29 is 29.0 Å². The van der Waals surface area contributed by atoms with Gasteiger partial charge in [0.05, 0.1) is 23.3 Å². The highest BCUT2D eigenvalue weighted by molar-refractivity contribution is 8.00. The average Bonchev–Trinajstić information content (AvgIpc) is 3.70. The largest absolute Gasteiger partial charge is 0.483 e. The molecule has 12 heteroatoms. The highest BCUT2D eigenvalue weighted by Crippen LogP contribution is 2.69. The molecule has 2 aliphatic carbocycles. The van der Waals surface area contributed by atoms with E-state index in [0.29, 0.717) is 11.4 Å². The number of aromatic nitrogens is 1. The van der Waals surface area contributed by atoms with Gasteiger partial charge >= 0.3 is 10.8 Å². The third-order valence-corrected chi connectivity index (χ3v) is 11.6. The average molecular weight is 606 g/mol. The minimum Gasteiger partial charge on any atom is -0.483 e. The van der Waals surface area contributed by atoms with Crippen molar-refractivity contribution in [1.29, 1.82) is 0 Å². The summed E-state index contributed by atoms with van der Waals surface area (Å²) in [5.41, 5.74) is 1.50. The van der Waals surface area contributed by atoms with Crippen molar-refractivity contribution in [3.8, 4) is 5.75 Å². The predicted molar refractivity (Wildman–Crippen MR) is 154 cm³/mol. The molecule has 3 aromatic rings. The minimum absolute atomic E-state index is 0.00962.